The van der Waals surface area contributed by atoms with Gasteiger partial charge in [-0.2, -0.15) is 0 Å². The Balaban J connectivity index is 1.67. The second-order valence-corrected chi connectivity index (χ2v) is 3.64. The second kappa shape index (κ2) is 5.14. The molecule has 0 aliphatic carbocycles. The third-order valence-corrected chi connectivity index (χ3v) is 2.41. The van der Waals surface area contributed by atoms with Crippen molar-refractivity contribution in [3.05, 3.63) is 29.8 Å². The average Bonchev–Trinajstić information content (AvgIpc) is 3.09. The molecule has 1 aliphatic heterocycles. The van der Waals surface area contributed by atoms with E-state index in [9.17, 15) is 0 Å². The number of rotatable bonds is 6. The Labute approximate surface area is 90.0 Å². The van der Waals surface area contributed by atoms with Gasteiger partial charge in [-0.15, -0.1) is 0 Å². The lowest BCUT2D eigenvalue weighted by Crippen LogP contribution is -1.98. The van der Waals surface area contributed by atoms with Gasteiger partial charge in [0.05, 0.1) is 26.4 Å². The zero-order valence-corrected chi connectivity index (χ0v) is 8.94. The summed E-state index contributed by atoms with van der Waals surface area (Å²) in [5.41, 5.74) is 1.17. The summed E-state index contributed by atoms with van der Waals surface area (Å²) in [7, 11) is 1.67. The Bertz CT molecular complexity index is 290. The molecule has 1 saturated heterocycles. The first-order valence-electron chi connectivity index (χ1n) is 5.21. The molecule has 82 valence electrons. The van der Waals surface area contributed by atoms with Crippen molar-refractivity contribution in [3.8, 4) is 5.75 Å². The molecule has 15 heavy (non-hydrogen) atoms. The molecule has 0 aromatic heterocycles. The SMILES string of the molecule is COc1ccc(COCC[C@@H]2CO2)cc1. The van der Waals surface area contributed by atoms with Crippen LogP contribution in [-0.2, 0) is 16.1 Å². The van der Waals surface area contributed by atoms with Crippen molar-refractivity contribution in [1.29, 1.82) is 0 Å². The van der Waals surface area contributed by atoms with Crippen molar-refractivity contribution in [2.24, 2.45) is 0 Å². The van der Waals surface area contributed by atoms with Crippen LogP contribution in [0.25, 0.3) is 0 Å². The van der Waals surface area contributed by atoms with E-state index in [1.165, 1.54) is 5.56 Å². The van der Waals surface area contributed by atoms with Gasteiger partial charge in [-0.1, -0.05) is 12.1 Å². The summed E-state index contributed by atoms with van der Waals surface area (Å²) in [6.45, 7) is 2.35. The van der Waals surface area contributed by atoms with Crippen LogP contribution in [0.3, 0.4) is 0 Å². The third-order valence-electron chi connectivity index (χ3n) is 2.41. The number of hydrogen-bond donors (Lipinski definition) is 0. The summed E-state index contributed by atoms with van der Waals surface area (Å²) < 4.78 is 15.7. The van der Waals surface area contributed by atoms with E-state index in [2.05, 4.69) is 0 Å². The van der Waals surface area contributed by atoms with E-state index in [4.69, 9.17) is 14.2 Å². The Hall–Kier alpha value is -1.06. The number of hydrogen-bond acceptors (Lipinski definition) is 3. The Kier molecular flexibility index (Phi) is 3.59. The van der Waals surface area contributed by atoms with Crippen LogP contribution in [0.5, 0.6) is 5.75 Å². The minimum absolute atomic E-state index is 0.459. The van der Waals surface area contributed by atoms with Crippen molar-refractivity contribution in [2.75, 3.05) is 20.3 Å². The van der Waals surface area contributed by atoms with Gasteiger partial charge in [0.15, 0.2) is 0 Å². The molecule has 1 fully saturated rings. The average molecular weight is 208 g/mol. The minimum atomic E-state index is 0.459. The van der Waals surface area contributed by atoms with Crippen molar-refractivity contribution < 1.29 is 14.2 Å². The molecule has 0 amide bonds. The van der Waals surface area contributed by atoms with Crippen molar-refractivity contribution >= 4 is 0 Å². The van der Waals surface area contributed by atoms with Crippen LogP contribution in [0.2, 0.25) is 0 Å². The van der Waals surface area contributed by atoms with E-state index in [-0.39, 0.29) is 0 Å². The fourth-order valence-electron chi connectivity index (χ4n) is 1.36. The number of benzene rings is 1. The monoisotopic (exact) mass is 208 g/mol. The van der Waals surface area contributed by atoms with Gasteiger partial charge in [-0.3, -0.25) is 0 Å². The largest absolute Gasteiger partial charge is 0.497 e. The zero-order chi connectivity index (χ0) is 10.5. The van der Waals surface area contributed by atoms with Gasteiger partial charge in [-0.25, -0.2) is 0 Å². The number of epoxide rings is 1. The van der Waals surface area contributed by atoms with Crippen LogP contribution in [0, 0.1) is 0 Å². The molecule has 0 N–H and O–H groups in total. The van der Waals surface area contributed by atoms with Gasteiger partial charge in [0, 0.05) is 6.61 Å². The predicted molar refractivity (Wildman–Crippen MR) is 57.0 cm³/mol. The second-order valence-electron chi connectivity index (χ2n) is 3.64. The van der Waals surface area contributed by atoms with Gasteiger partial charge in [0.25, 0.3) is 0 Å². The molecule has 0 bridgehead atoms. The van der Waals surface area contributed by atoms with Crippen molar-refractivity contribution in [2.45, 2.75) is 19.1 Å². The molecule has 1 aromatic rings. The lowest BCUT2D eigenvalue weighted by atomic mass is 10.2. The summed E-state index contributed by atoms with van der Waals surface area (Å²) in [6.07, 6.45) is 1.47. The summed E-state index contributed by atoms with van der Waals surface area (Å²) >= 11 is 0. The maximum atomic E-state index is 5.52. The fourth-order valence-corrected chi connectivity index (χ4v) is 1.36. The van der Waals surface area contributed by atoms with Crippen molar-refractivity contribution in [1.82, 2.24) is 0 Å². The molecule has 1 aromatic carbocycles. The number of ether oxygens (including phenoxy) is 3. The topological polar surface area (TPSA) is 31.0 Å². The van der Waals surface area contributed by atoms with E-state index >= 15 is 0 Å². The Morgan fingerprint density at radius 3 is 2.67 bits per heavy atom. The van der Waals surface area contributed by atoms with Crippen molar-refractivity contribution in [3.63, 3.8) is 0 Å². The smallest absolute Gasteiger partial charge is 0.118 e. The van der Waals surface area contributed by atoms with E-state index in [0.717, 1.165) is 25.4 Å². The molecule has 1 heterocycles. The molecule has 3 heteroatoms. The van der Waals surface area contributed by atoms with Crippen LogP contribution >= 0.6 is 0 Å². The highest BCUT2D eigenvalue weighted by atomic mass is 16.6. The van der Waals surface area contributed by atoms with Gasteiger partial charge in [-0.05, 0) is 24.1 Å². The first-order valence-corrected chi connectivity index (χ1v) is 5.21. The maximum Gasteiger partial charge on any atom is 0.118 e. The van der Waals surface area contributed by atoms with Gasteiger partial charge >= 0.3 is 0 Å². The third kappa shape index (κ3) is 3.53. The molecule has 0 radical (unpaired) electrons. The summed E-state index contributed by atoms with van der Waals surface area (Å²) in [6, 6.07) is 7.93. The molecule has 0 unspecified atom stereocenters. The highest BCUT2D eigenvalue weighted by Gasteiger charge is 2.21. The van der Waals surface area contributed by atoms with Gasteiger partial charge < -0.3 is 14.2 Å². The summed E-state index contributed by atoms with van der Waals surface area (Å²) in [5, 5.41) is 0. The van der Waals surface area contributed by atoms with Gasteiger partial charge in [0.1, 0.15) is 5.75 Å². The van der Waals surface area contributed by atoms with Crippen LogP contribution in [0.15, 0.2) is 24.3 Å². The molecule has 2 rings (SSSR count). The van der Waals surface area contributed by atoms with Gasteiger partial charge in [0.2, 0.25) is 0 Å². The highest BCUT2D eigenvalue weighted by molar-refractivity contribution is 5.26. The number of methoxy groups -OCH3 is 1. The predicted octanol–water partition coefficient (Wildman–Crippen LogP) is 2.00. The molecule has 1 atom stereocenters. The van der Waals surface area contributed by atoms with E-state index < -0.39 is 0 Å². The molecular formula is C12H16O3. The van der Waals surface area contributed by atoms with E-state index in [1.807, 2.05) is 24.3 Å². The highest BCUT2D eigenvalue weighted by Crippen LogP contribution is 2.14. The molecule has 0 saturated carbocycles. The maximum absolute atomic E-state index is 5.52. The lowest BCUT2D eigenvalue weighted by molar-refractivity contribution is 0.113. The summed E-state index contributed by atoms with van der Waals surface area (Å²) in [5.74, 6) is 0.880. The minimum Gasteiger partial charge on any atom is -0.497 e. The molecule has 1 aliphatic rings. The lowest BCUT2D eigenvalue weighted by Gasteiger charge is -2.04. The quantitative estimate of drug-likeness (QED) is 0.529. The molecular weight excluding hydrogens is 192 g/mol. The fraction of sp³-hybridized carbons (Fsp3) is 0.500. The summed E-state index contributed by atoms with van der Waals surface area (Å²) in [4.78, 5) is 0. The Morgan fingerprint density at radius 2 is 2.07 bits per heavy atom. The first kappa shape index (κ1) is 10.5. The van der Waals surface area contributed by atoms with Crippen LogP contribution < -0.4 is 4.74 Å². The normalized spacial score (nSPS) is 18.9. The standard InChI is InChI=1S/C12H16O3/c1-13-11-4-2-10(3-5-11)8-14-7-6-12-9-15-12/h2-5,12H,6-9H2,1H3/t12-/m1/s1. The van der Waals surface area contributed by atoms with E-state index in [1.54, 1.807) is 7.11 Å². The zero-order valence-electron chi connectivity index (χ0n) is 8.94. The Morgan fingerprint density at radius 1 is 1.33 bits per heavy atom. The van der Waals surface area contributed by atoms with Crippen LogP contribution in [0.4, 0.5) is 0 Å². The van der Waals surface area contributed by atoms with E-state index in [0.29, 0.717) is 12.7 Å². The first-order chi connectivity index (χ1) is 7.38. The molecule has 0 spiro atoms. The van der Waals surface area contributed by atoms with Crippen LogP contribution in [-0.4, -0.2) is 26.4 Å². The van der Waals surface area contributed by atoms with Crippen LogP contribution in [0.1, 0.15) is 12.0 Å². The molecule has 3 nitrogen and oxygen atoms in total.